The molecule has 102 valence electrons. The molecule has 2 aromatic carbocycles. The van der Waals surface area contributed by atoms with Gasteiger partial charge in [-0.25, -0.2) is 0 Å². The van der Waals surface area contributed by atoms with Crippen LogP contribution >= 0.6 is 0 Å². The fourth-order valence-electron chi connectivity index (χ4n) is 1.51. The van der Waals surface area contributed by atoms with E-state index in [1.54, 1.807) is 6.07 Å². The Hall–Kier alpha value is -3.09. The van der Waals surface area contributed by atoms with Crippen LogP contribution < -0.4 is 5.43 Å². The van der Waals surface area contributed by atoms with Gasteiger partial charge in [-0.05, 0) is 18.2 Å². The molecule has 0 aliphatic carbocycles. The monoisotopic (exact) mass is 273 g/mol. The largest absolute Gasteiger partial charge is 0.508 e. The van der Waals surface area contributed by atoms with E-state index in [-0.39, 0.29) is 17.2 Å². The maximum Gasteiger partial charge on any atom is 0.271 e. The average Bonchev–Trinajstić information content (AvgIpc) is 2.41. The van der Waals surface area contributed by atoms with Crippen molar-refractivity contribution in [1.82, 2.24) is 0 Å². The van der Waals surface area contributed by atoms with Crippen LogP contribution in [-0.2, 0) is 0 Å². The normalized spacial score (nSPS) is 10.6. The van der Waals surface area contributed by atoms with Gasteiger partial charge in [-0.3, -0.25) is 15.5 Å². The molecule has 7 nitrogen and oxygen atoms in total. The van der Waals surface area contributed by atoms with Gasteiger partial charge in [0.1, 0.15) is 11.5 Å². The van der Waals surface area contributed by atoms with Gasteiger partial charge in [-0.1, -0.05) is 6.07 Å². The van der Waals surface area contributed by atoms with Crippen molar-refractivity contribution in [3.8, 4) is 11.5 Å². The lowest BCUT2D eigenvalue weighted by Gasteiger charge is -2.01. The van der Waals surface area contributed by atoms with Gasteiger partial charge in [0.25, 0.3) is 5.69 Å². The zero-order valence-corrected chi connectivity index (χ0v) is 10.2. The van der Waals surface area contributed by atoms with E-state index in [9.17, 15) is 15.2 Å². The summed E-state index contributed by atoms with van der Waals surface area (Å²) >= 11 is 0. The SMILES string of the molecule is O=[N+]([O-])c1cccc(N/N=C\c2ccc(O)cc2O)c1. The molecule has 0 bridgehead atoms. The Labute approximate surface area is 114 Å². The van der Waals surface area contributed by atoms with Gasteiger partial charge < -0.3 is 10.2 Å². The first-order valence-electron chi connectivity index (χ1n) is 5.62. The van der Waals surface area contributed by atoms with E-state index in [2.05, 4.69) is 10.5 Å². The van der Waals surface area contributed by atoms with Crippen molar-refractivity contribution in [3.05, 3.63) is 58.1 Å². The quantitative estimate of drug-likeness (QED) is 0.450. The van der Waals surface area contributed by atoms with E-state index in [1.165, 1.54) is 42.6 Å². The second kappa shape index (κ2) is 5.70. The number of hydrogen-bond donors (Lipinski definition) is 3. The third-order valence-corrected chi connectivity index (χ3v) is 2.47. The molecular weight excluding hydrogens is 262 g/mol. The lowest BCUT2D eigenvalue weighted by atomic mass is 10.2. The number of anilines is 1. The first-order valence-corrected chi connectivity index (χ1v) is 5.62. The molecule has 0 unspecified atom stereocenters. The molecule has 0 saturated heterocycles. The summed E-state index contributed by atoms with van der Waals surface area (Å²) in [7, 11) is 0. The first kappa shape index (κ1) is 13.3. The number of phenolic OH excluding ortho intramolecular Hbond substituents is 2. The molecule has 0 atom stereocenters. The van der Waals surface area contributed by atoms with Gasteiger partial charge in [0, 0.05) is 23.8 Å². The Morgan fingerprint density at radius 3 is 2.70 bits per heavy atom. The van der Waals surface area contributed by atoms with Crippen molar-refractivity contribution in [2.24, 2.45) is 5.10 Å². The maximum atomic E-state index is 10.6. The molecule has 0 spiro atoms. The molecular formula is C13H11N3O4. The Morgan fingerprint density at radius 2 is 2.00 bits per heavy atom. The van der Waals surface area contributed by atoms with Crippen LogP contribution in [0.25, 0.3) is 0 Å². The van der Waals surface area contributed by atoms with E-state index >= 15 is 0 Å². The van der Waals surface area contributed by atoms with Gasteiger partial charge in [0.2, 0.25) is 0 Å². The minimum absolute atomic E-state index is 0.0438. The number of aromatic hydroxyl groups is 2. The molecule has 7 heteroatoms. The summed E-state index contributed by atoms with van der Waals surface area (Å²) in [5, 5.41) is 33.1. The number of non-ortho nitro benzene ring substituents is 1. The smallest absolute Gasteiger partial charge is 0.271 e. The van der Waals surface area contributed by atoms with Crippen molar-refractivity contribution in [2.45, 2.75) is 0 Å². The van der Waals surface area contributed by atoms with Crippen molar-refractivity contribution >= 4 is 17.6 Å². The Bertz CT molecular complexity index is 670. The third-order valence-electron chi connectivity index (χ3n) is 2.47. The van der Waals surface area contributed by atoms with Crippen LogP contribution in [0.1, 0.15) is 5.56 Å². The zero-order valence-electron chi connectivity index (χ0n) is 10.2. The maximum absolute atomic E-state index is 10.6. The summed E-state index contributed by atoms with van der Waals surface area (Å²) in [5.74, 6) is -0.166. The lowest BCUT2D eigenvalue weighted by Crippen LogP contribution is -1.93. The summed E-state index contributed by atoms with van der Waals surface area (Å²) in [6.45, 7) is 0. The topological polar surface area (TPSA) is 108 Å². The predicted octanol–water partition coefficient (Wildman–Crippen LogP) is 2.45. The number of phenols is 2. The Kier molecular flexibility index (Phi) is 3.80. The molecule has 0 heterocycles. The highest BCUT2D eigenvalue weighted by Gasteiger charge is 2.04. The Balaban J connectivity index is 2.10. The average molecular weight is 273 g/mol. The van der Waals surface area contributed by atoms with Gasteiger partial charge >= 0.3 is 0 Å². The molecule has 2 aromatic rings. The number of rotatable bonds is 4. The van der Waals surface area contributed by atoms with E-state index < -0.39 is 4.92 Å². The number of nitro benzene ring substituents is 1. The highest BCUT2D eigenvalue weighted by Crippen LogP contribution is 2.21. The van der Waals surface area contributed by atoms with Crippen molar-refractivity contribution in [1.29, 1.82) is 0 Å². The van der Waals surface area contributed by atoms with Crippen molar-refractivity contribution < 1.29 is 15.1 Å². The van der Waals surface area contributed by atoms with Crippen LogP contribution in [0.3, 0.4) is 0 Å². The summed E-state index contributed by atoms with van der Waals surface area (Å²) in [6, 6.07) is 9.97. The second-order valence-electron chi connectivity index (χ2n) is 3.92. The molecule has 0 fully saturated rings. The number of hydrogen-bond acceptors (Lipinski definition) is 6. The van der Waals surface area contributed by atoms with E-state index in [0.717, 1.165) is 0 Å². The van der Waals surface area contributed by atoms with Crippen LogP contribution in [0.2, 0.25) is 0 Å². The van der Waals surface area contributed by atoms with Crippen LogP contribution in [0.5, 0.6) is 11.5 Å². The Morgan fingerprint density at radius 1 is 1.20 bits per heavy atom. The fourth-order valence-corrected chi connectivity index (χ4v) is 1.51. The molecule has 0 aliphatic heterocycles. The van der Waals surface area contributed by atoms with E-state index in [0.29, 0.717) is 11.3 Å². The molecule has 20 heavy (non-hydrogen) atoms. The van der Waals surface area contributed by atoms with Crippen LogP contribution in [0, 0.1) is 10.1 Å². The number of nitrogens with one attached hydrogen (secondary N) is 1. The molecule has 0 amide bonds. The van der Waals surface area contributed by atoms with Gasteiger partial charge in [0.15, 0.2) is 0 Å². The number of benzene rings is 2. The highest BCUT2D eigenvalue weighted by molar-refractivity contribution is 5.84. The number of hydrazone groups is 1. The second-order valence-corrected chi connectivity index (χ2v) is 3.92. The molecule has 0 radical (unpaired) electrons. The zero-order chi connectivity index (χ0) is 14.5. The third kappa shape index (κ3) is 3.22. The van der Waals surface area contributed by atoms with Crippen molar-refractivity contribution in [2.75, 3.05) is 5.43 Å². The van der Waals surface area contributed by atoms with Gasteiger partial charge in [-0.2, -0.15) is 5.10 Å². The molecule has 3 N–H and O–H groups in total. The minimum atomic E-state index is -0.499. The lowest BCUT2D eigenvalue weighted by molar-refractivity contribution is -0.384. The number of nitro groups is 1. The summed E-state index contributed by atoms with van der Waals surface area (Å²) < 4.78 is 0. The molecule has 0 aromatic heterocycles. The van der Waals surface area contributed by atoms with E-state index in [4.69, 9.17) is 5.11 Å². The number of nitrogens with zero attached hydrogens (tertiary/aromatic N) is 2. The van der Waals surface area contributed by atoms with Crippen LogP contribution in [-0.4, -0.2) is 21.4 Å². The first-order chi connectivity index (χ1) is 9.56. The van der Waals surface area contributed by atoms with Crippen LogP contribution in [0.4, 0.5) is 11.4 Å². The summed E-state index contributed by atoms with van der Waals surface area (Å²) in [5.41, 5.74) is 3.43. The molecule has 0 saturated carbocycles. The summed E-state index contributed by atoms with van der Waals surface area (Å²) in [6.07, 6.45) is 1.34. The van der Waals surface area contributed by atoms with Crippen LogP contribution in [0.15, 0.2) is 47.6 Å². The predicted molar refractivity (Wildman–Crippen MR) is 74.1 cm³/mol. The molecule has 2 rings (SSSR count). The van der Waals surface area contributed by atoms with Gasteiger partial charge in [0.05, 0.1) is 16.8 Å². The summed E-state index contributed by atoms with van der Waals surface area (Å²) in [4.78, 5) is 10.1. The highest BCUT2D eigenvalue weighted by atomic mass is 16.6. The van der Waals surface area contributed by atoms with Crippen molar-refractivity contribution in [3.63, 3.8) is 0 Å². The molecule has 0 aliphatic rings. The van der Waals surface area contributed by atoms with E-state index in [1.807, 2.05) is 0 Å². The minimum Gasteiger partial charge on any atom is -0.508 e. The standard InChI is InChI=1S/C13H11N3O4/c17-12-5-4-9(13(18)7-12)8-14-15-10-2-1-3-11(6-10)16(19)20/h1-8,15,17-18H/b14-8-. The fraction of sp³-hybridized carbons (Fsp3) is 0. The van der Waals surface area contributed by atoms with Gasteiger partial charge in [-0.15, -0.1) is 0 Å².